The fourth-order valence-corrected chi connectivity index (χ4v) is 1.37. The van der Waals surface area contributed by atoms with Gasteiger partial charge in [-0.15, -0.1) is 0 Å². The van der Waals surface area contributed by atoms with Gasteiger partial charge >= 0.3 is 0 Å². The van der Waals surface area contributed by atoms with Crippen LogP contribution in [0.15, 0.2) is 12.1 Å². The van der Waals surface area contributed by atoms with Crippen LogP contribution in [0.3, 0.4) is 0 Å². The van der Waals surface area contributed by atoms with E-state index in [1.54, 1.807) is 7.11 Å². The van der Waals surface area contributed by atoms with Gasteiger partial charge in [0, 0.05) is 18.5 Å². The second-order valence-electron chi connectivity index (χ2n) is 3.48. The maximum absolute atomic E-state index is 5.38. The normalized spacial score (nSPS) is 9.33. The third-order valence-corrected chi connectivity index (χ3v) is 2.23. The van der Waals surface area contributed by atoms with Crippen molar-refractivity contribution in [3.8, 4) is 17.6 Å². The van der Waals surface area contributed by atoms with Crippen molar-refractivity contribution in [1.29, 1.82) is 0 Å². The average Bonchev–Trinajstić information content (AvgIpc) is 2.23. The van der Waals surface area contributed by atoms with Crippen molar-refractivity contribution in [2.75, 3.05) is 13.7 Å². The van der Waals surface area contributed by atoms with Crippen molar-refractivity contribution in [3.05, 3.63) is 28.8 Å². The highest BCUT2D eigenvalue weighted by Crippen LogP contribution is 2.21. The van der Waals surface area contributed by atoms with Crippen LogP contribution < -0.4 is 10.5 Å². The summed E-state index contributed by atoms with van der Waals surface area (Å²) in [6.07, 6.45) is 0.741. The van der Waals surface area contributed by atoms with Crippen LogP contribution in [-0.4, -0.2) is 13.7 Å². The molecule has 0 atom stereocenters. The molecule has 0 heterocycles. The van der Waals surface area contributed by atoms with Gasteiger partial charge in [-0.25, -0.2) is 0 Å². The first kappa shape index (κ1) is 11.6. The molecule has 2 N–H and O–H groups in total. The molecule has 2 nitrogen and oxygen atoms in total. The highest BCUT2D eigenvalue weighted by molar-refractivity contribution is 5.48. The zero-order valence-corrected chi connectivity index (χ0v) is 9.55. The maximum atomic E-state index is 5.38. The van der Waals surface area contributed by atoms with Gasteiger partial charge in [0.15, 0.2) is 0 Å². The van der Waals surface area contributed by atoms with Gasteiger partial charge in [0.1, 0.15) is 5.75 Å². The minimum atomic E-state index is 0.612. The average molecular weight is 203 g/mol. The molecule has 0 bridgehead atoms. The zero-order valence-electron chi connectivity index (χ0n) is 9.55. The first-order chi connectivity index (χ1) is 7.19. The quantitative estimate of drug-likeness (QED) is 0.746. The Morgan fingerprint density at radius 1 is 1.27 bits per heavy atom. The van der Waals surface area contributed by atoms with Crippen LogP contribution in [0.4, 0.5) is 0 Å². The lowest BCUT2D eigenvalue weighted by molar-refractivity contribution is 0.411. The predicted octanol–water partition coefficient (Wildman–Crippen LogP) is 2.01. The summed E-state index contributed by atoms with van der Waals surface area (Å²) in [5, 5.41) is 0. The molecule has 1 rings (SSSR count). The zero-order chi connectivity index (χ0) is 11.3. The summed E-state index contributed by atoms with van der Waals surface area (Å²) in [4.78, 5) is 0. The fraction of sp³-hybridized carbons (Fsp3) is 0.385. The molecule has 0 fully saturated rings. The summed E-state index contributed by atoms with van der Waals surface area (Å²) < 4.78 is 5.24. The summed E-state index contributed by atoms with van der Waals surface area (Å²) in [6, 6.07) is 4.07. The summed E-state index contributed by atoms with van der Waals surface area (Å²) >= 11 is 0. The largest absolute Gasteiger partial charge is 0.496 e. The number of hydrogen-bond donors (Lipinski definition) is 1. The summed E-state index contributed by atoms with van der Waals surface area (Å²) in [6.45, 7) is 4.67. The Bertz CT molecular complexity index is 399. The van der Waals surface area contributed by atoms with E-state index in [1.165, 1.54) is 0 Å². The minimum Gasteiger partial charge on any atom is -0.496 e. The SMILES string of the molecule is COc1cc(C)c(C#CCCN)cc1C. The topological polar surface area (TPSA) is 35.2 Å². The fourth-order valence-electron chi connectivity index (χ4n) is 1.37. The number of aryl methyl sites for hydroxylation is 2. The van der Waals surface area contributed by atoms with Crippen LogP contribution in [0.2, 0.25) is 0 Å². The Morgan fingerprint density at radius 3 is 2.60 bits per heavy atom. The molecule has 0 aliphatic carbocycles. The number of methoxy groups -OCH3 is 1. The third-order valence-electron chi connectivity index (χ3n) is 2.23. The van der Waals surface area contributed by atoms with Crippen LogP contribution in [0.25, 0.3) is 0 Å². The van der Waals surface area contributed by atoms with Crippen molar-refractivity contribution in [2.45, 2.75) is 20.3 Å². The summed E-state index contributed by atoms with van der Waals surface area (Å²) in [5.41, 5.74) is 8.69. The monoisotopic (exact) mass is 203 g/mol. The second-order valence-corrected chi connectivity index (χ2v) is 3.48. The lowest BCUT2D eigenvalue weighted by Gasteiger charge is -2.07. The van der Waals surface area contributed by atoms with Gasteiger partial charge in [0.05, 0.1) is 7.11 Å². The van der Waals surface area contributed by atoms with E-state index in [0.717, 1.165) is 28.9 Å². The number of nitrogens with two attached hydrogens (primary N) is 1. The van der Waals surface area contributed by atoms with Gasteiger partial charge in [0.2, 0.25) is 0 Å². The predicted molar refractivity (Wildman–Crippen MR) is 63.0 cm³/mol. The van der Waals surface area contributed by atoms with E-state index < -0.39 is 0 Å². The van der Waals surface area contributed by atoms with E-state index in [4.69, 9.17) is 10.5 Å². The molecule has 0 aliphatic heterocycles. The lowest BCUT2D eigenvalue weighted by atomic mass is 10.0. The molecule has 1 aromatic rings. The van der Waals surface area contributed by atoms with E-state index in [2.05, 4.69) is 17.9 Å². The van der Waals surface area contributed by atoms with Gasteiger partial charge in [-0.1, -0.05) is 11.8 Å². The van der Waals surface area contributed by atoms with Crippen molar-refractivity contribution in [2.24, 2.45) is 5.73 Å². The first-order valence-electron chi connectivity index (χ1n) is 5.03. The van der Waals surface area contributed by atoms with Crippen LogP contribution in [0.1, 0.15) is 23.1 Å². The number of ether oxygens (including phenoxy) is 1. The maximum Gasteiger partial charge on any atom is 0.122 e. The Kier molecular flexibility index (Phi) is 4.20. The number of benzene rings is 1. The summed E-state index contributed by atoms with van der Waals surface area (Å²) in [5.74, 6) is 7.08. The van der Waals surface area contributed by atoms with Gasteiger partial charge < -0.3 is 10.5 Å². The van der Waals surface area contributed by atoms with Crippen LogP contribution in [-0.2, 0) is 0 Å². The van der Waals surface area contributed by atoms with Gasteiger partial charge in [0.25, 0.3) is 0 Å². The highest BCUT2D eigenvalue weighted by atomic mass is 16.5. The Hall–Kier alpha value is -1.46. The molecule has 0 saturated carbocycles. The van der Waals surface area contributed by atoms with E-state index in [-0.39, 0.29) is 0 Å². The Labute approximate surface area is 91.4 Å². The second kappa shape index (κ2) is 5.43. The first-order valence-corrected chi connectivity index (χ1v) is 5.03. The van der Waals surface area contributed by atoms with E-state index in [9.17, 15) is 0 Å². The molecule has 1 aromatic carbocycles. The standard InChI is InChI=1S/C13H17NO/c1-10-9-13(15-3)11(2)8-12(10)6-4-5-7-14/h8-9H,5,7,14H2,1-3H3. The van der Waals surface area contributed by atoms with Gasteiger partial charge in [-0.3, -0.25) is 0 Å². The lowest BCUT2D eigenvalue weighted by Crippen LogP contribution is -1.96. The van der Waals surface area contributed by atoms with Crippen LogP contribution in [0.5, 0.6) is 5.75 Å². The number of rotatable bonds is 2. The molecular formula is C13H17NO. The van der Waals surface area contributed by atoms with Crippen molar-refractivity contribution in [1.82, 2.24) is 0 Å². The van der Waals surface area contributed by atoms with E-state index in [1.807, 2.05) is 19.9 Å². The highest BCUT2D eigenvalue weighted by Gasteiger charge is 2.02. The molecular weight excluding hydrogens is 186 g/mol. The molecule has 15 heavy (non-hydrogen) atoms. The smallest absolute Gasteiger partial charge is 0.122 e. The summed E-state index contributed by atoms with van der Waals surface area (Å²) in [7, 11) is 1.68. The van der Waals surface area contributed by atoms with E-state index in [0.29, 0.717) is 6.54 Å². The molecule has 0 aliphatic rings. The third kappa shape index (κ3) is 3.00. The molecule has 80 valence electrons. The molecule has 0 aromatic heterocycles. The Morgan fingerprint density at radius 2 is 2.00 bits per heavy atom. The number of hydrogen-bond acceptors (Lipinski definition) is 2. The van der Waals surface area contributed by atoms with Crippen molar-refractivity contribution in [3.63, 3.8) is 0 Å². The molecule has 0 unspecified atom stereocenters. The minimum absolute atomic E-state index is 0.612. The molecule has 0 amide bonds. The van der Waals surface area contributed by atoms with Crippen LogP contribution >= 0.6 is 0 Å². The molecule has 0 saturated heterocycles. The van der Waals surface area contributed by atoms with Crippen molar-refractivity contribution >= 4 is 0 Å². The molecule has 0 radical (unpaired) electrons. The molecule has 2 heteroatoms. The molecule has 0 spiro atoms. The van der Waals surface area contributed by atoms with E-state index >= 15 is 0 Å². The van der Waals surface area contributed by atoms with Gasteiger partial charge in [-0.2, -0.15) is 0 Å². The Balaban J connectivity index is 3.01. The van der Waals surface area contributed by atoms with Gasteiger partial charge in [-0.05, 0) is 37.1 Å². The van der Waals surface area contributed by atoms with Crippen molar-refractivity contribution < 1.29 is 4.74 Å². The van der Waals surface area contributed by atoms with Crippen LogP contribution in [0, 0.1) is 25.7 Å².